The van der Waals surface area contributed by atoms with E-state index in [1.165, 1.54) is 32.7 Å². The summed E-state index contributed by atoms with van der Waals surface area (Å²) < 4.78 is 13.4. The Hall–Kier alpha value is -6.12. The van der Waals surface area contributed by atoms with Gasteiger partial charge in [0.15, 0.2) is 0 Å². The van der Waals surface area contributed by atoms with Crippen molar-refractivity contribution in [1.29, 1.82) is 0 Å². The van der Waals surface area contributed by atoms with Gasteiger partial charge in [-0.1, -0.05) is 133 Å². The molecule has 8 aromatic carbocycles. The molecule has 0 saturated heterocycles. The third kappa shape index (κ3) is 3.65. The summed E-state index contributed by atoms with van der Waals surface area (Å²) in [6, 6.07) is 56.0. The predicted octanol–water partition coefficient (Wildman–Crippen LogP) is 12.8. The van der Waals surface area contributed by atoms with Crippen molar-refractivity contribution < 1.29 is 8.83 Å². The number of benzene rings is 8. The quantitative estimate of drug-likeness (QED) is 0.193. The molecule has 0 N–H and O–H groups in total. The van der Waals surface area contributed by atoms with Crippen molar-refractivity contribution in [2.75, 3.05) is 0 Å². The van der Waals surface area contributed by atoms with E-state index in [9.17, 15) is 0 Å². The lowest BCUT2D eigenvalue weighted by Crippen LogP contribution is -1.91. The lowest BCUT2D eigenvalue weighted by atomic mass is 9.85. The maximum Gasteiger partial charge on any atom is 0.144 e. The van der Waals surface area contributed by atoms with Gasteiger partial charge in [0.2, 0.25) is 0 Å². The predicted molar refractivity (Wildman–Crippen MR) is 192 cm³/mol. The number of furan rings is 2. The maximum atomic E-state index is 7.04. The van der Waals surface area contributed by atoms with Crippen LogP contribution in [0.15, 0.2) is 167 Å². The molecule has 214 valence electrons. The highest BCUT2D eigenvalue weighted by molar-refractivity contribution is 6.24. The van der Waals surface area contributed by atoms with Crippen LogP contribution in [0, 0.1) is 0 Å². The van der Waals surface area contributed by atoms with E-state index in [4.69, 9.17) is 8.83 Å². The van der Waals surface area contributed by atoms with Crippen LogP contribution in [-0.2, 0) is 0 Å². The van der Waals surface area contributed by atoms with Crippen LogP contribution < -0.4 is 0 Å². The monoisotopic (exact) mass is 586 g/mol. The van der Waals surface area contributed by atoms with E-state index in [0.717, 1.165) is 66.1 Å². The second-order valence-corrected chi connectivity index (χ2v) is 12.0. The van der Waals surface area contributed by atoms with Crippen LogP contribution in [0.3, 0.4) is 0 Å². The van der Waals surface area contributed by atoms with Gasteiger partial charge in [0, 0.05) is 27.3 Å². The topological polar surface area (TPSA) is 26.3 Å². The highest BCUT2D eigenvalue weighted by Crippen LogP contribution is 2.50. The van der Waals surface area contributed by atoms with Gasteiger partial charge in [0.05, 0.1) is 0 Å². The molecule has 2 nitrogen and oxygen atoms in total. The summed E-state index contributed by atoms with van der Waals surface area (Å²) in [4.78, 5) is 0. The van der Waals surface area contributed by atoms with Crippen molar-refractivity contribution in [2.24, 2.45) is 0 Å². The summed E-state index contributed by atoms with van der Waals surface area (Å²) in [6.45, 7) is 0. The molecule has 0 amide bonds. The number of rotatable bonds is 3. The molecule has 0 aliphatic rings. The Labute approximate surface area is 264 Å². The maximum absolute atomic E-state index is 7.04. The van der Waals surface area contributed by atoms with Gasteiger partial charge in [0.25, 0.3) is 0 Å². The van der Waals surface area contributed by atoms with Gasteiger partial charge in [-0.3, -0.25) is 0 Å². The molecule has 0 atom stereocenters. The van der Waals surface area contributed by atoms with Crippen LogP contribution in [0.4, 0.5) is 0 Å². The lowest BCUT2D eigenvalue weighted by Gasteiger charge is -2.17. The first-order valence-electron chi connectivity index (χ1n) is 15.7. The Morgan fingerprint density at radius 3 is 1.59 bits per heavy atom. The van der Waals surface area contributed by atoms with Gasteiger partial charge in [-0.15, -0.1) is 0 Å². The minimum atomic E-state index is 0.847. The van der Waals surface area contributed by atoms with Crippen LogP contribution >= 0.6 is 0 Å². The van der Waals surface area contributed by atoms with Crippen LogP contribution in [0.25, 0.3) is 98.8 Å². The fourth-order valence-corrected chi connectivity index (χ4v) is 7.41. The van der Waals surface area contributed by atoms with E-state index >= 15 is 0 Å². The highest BCUT2D eigenvalue weighted by atomic mass is 16.3. The zero-order chi connectivity index (χ0) is 30.2. The molecule has 46 heavy (non-hydrogen) atoms. The number of fused-ring (bicyclic) bond motifs is 7. The first kappa shape index (κ1) is 25.2. The van der Waals surface area contributed by atoms with Crippen molar-refractivity contribution in [1.82, 2.24) is 0 Å². The average Bonchev–Trinajstić information content (AvgIpc) is 3.67. The van der Waals surface area contributed by atoms with Crippen LogP contribution in [-0.4, -0.2) is 0 Å². The molecule has 2 aromatic heterocycles. The minimum Gasteiger partial charge on any atom is -0.456 e. The zero-order valence-electron chi connectivity index (χ0n) is 24.8. The van der Waals surface area contributed by atoms with Gasteiger partial charge in [-0.2, -0.15) is 0 Å². The number of hydrogen-bond donors (Lipinski definition) is 0. The molecule has 0 aliphatic carbocycles. The minimum absolute atomic E-state index is 0.847. The molecule has 0 aliphatic heterocycles. The van der Waals surface area contributed by atoms with Gasteiger partial charge in [0.1, 0.15) is 22.5 Å². The second kappa shape index (κ2) is 9.69. The molecule has 0 bridgehead atoms. The molecular weight excluding hydrogens is 560 g/mol. The second-order valence-electron chi connectivity index (χ2n) is 12.0. The smallest absolute Gasteiger partial charge is 0.144 e. The third-order valence-electron chi connectivity index (χ3n) is 9.45. The van der Waals surface area contributed by atoms with Crippen molar-refractivity contribution >= 4 is 65.2 Å². The molecule has 0 fully saturated rings. The highest BCUT2D eigenvalue weighted by Gasteiger charge is 2.25. The van der Waals surface area contributed by atoms with E-state index < -0.39 is 0 Å². The fraction of sp³-hybridized carbons (Fsp3) is 0. The molecule has 0 saturated carbocycles. The molecule has 0 unspecified atom stereocenters. The van der Waals surface area contributed by atoms with E-state index in [0.29, 0.717) is 0 Å². The van der Waals surface area contributed by atoms with Gasteiger partial charge in [-0.05, 0) is 73.3 Å². The summed E-state index contributed by atoms with van der Waals surface area (Å²) in [7, 11) is 0. The van der Waals surface area contributed by atoms with Gasteiger partial charge in [-0.25, -0.2) is 0 Å². The Bertz CT molecular complexity index is 2740. The van der Waals surface area contributed by atoms with Gasteiger partial charge >= 0.3 is 0 Å². The van der Waals surface area contributed by atoms with Crippen molar-refractivity contribution in [3.05, 3.63) is 158 Å². The Morgan fingerprint density at radius 2 is 0.848 bits per heavy atom. The van der Waals surface area contributed by atoms with Crippen LogP contribution in [0.1, 0.15) is 0 Å². The van der Waals surface area contributed by atoms with Crippen molar-refractivity contribution in [2.45, 2.75) is 0 Å². The van der Waals surface area contributed by atoms with Crippen molar-refractivity contribution in [3.63, 3.8) is 0 Å². The summed E-state index contributed by atoms with van der Waals surface area (Å²) in [6.07, 6.45) is 0. The molecule has 0 radical (unpaired) electrons. The standard InChI is InChI=1S/C44H26O2/c1-2-13-28(14-3-1)42-37-26-39-36(31-16-10-11-21-38(31)45-39)25-40(37)46-44(42)43-34-19-8-6-17-32(34)41(33-18-7-9-20-35(33)43)30-23-22-27-12-4-5-15-29(27)24-30/h1-26H. The first-order chi connectivity index (χ1) is 22.8. The summed E-state index contributed by atoms with van der Waals surface area (Å²) in [5.41, 5.74) is 8.32. The van der Waals surface area contributed by atoms with E-state index in [2.05, 4.69) is 146 Å². The summed E-state index contributed by atoms with van der Waals surface area (Å²) >= 11 is 0. The van der Waals surface area contributed by atoms with E-state index in [1.807, 2.05) is 12.1 Å². The van der Waals surface area contributed by atoms with Gasteiger partial charge < -0.3 is 8.83 Å². The Kier molecular flexibility index (Phi) is 5.31. The largest absolute Gasteiger partial charge is 0.456 e. The molecule has 10 aromatic rings. The van der Waals surface area contributed by atoms with E-state index in [1.54, 1.807) is 0 Å². The first-order valence-corrected chi connectivity index (χ1v) is 15.7. The summed E-state index contributed by atoms with van der Waals surface area (Å²) in [5.74, 6) is 0.871. The van der Waals surface area contributed by atoms with E-state index in [-0.39, 0.29) is 0 Å². The molecule has 2 heteroatoms. The van der Waals surface area contributed by atoms with Crippen LogP contribution in [0.2, 0.25) is 0 Å². The fourth-order valence-electron chi connectivity index (χ4n) is 7.41. The molecule has 2 heterocycles. The average molecular weight is 587 g/mol. The molecular formula is C44H26O2. The molecule has 0 spiro atoms. The number of para-hydroxylation sites is 1. The SMILES string of the molecule is c1ccc(-c2c(-c3c4ccccc4c(-c4ccc5ccccc5c4)c4ccccc34)oc3cc4c(cc23)oc2ccccc24)cc1. The Balaban J connectivity index is 1.34. The zero-order valence-corrected chi connectivity index (χ0v) is 24.8. The number of hydrogen-bond acceptors (Lipinski definition) is 2. The third-order valence-corrected chi connectivity index (χ3v) is 9.45. The van der Waals surface area contributed by atoms with Crippen molar-refractivity contribution in [3.8, 4) is 33.6 Å². The lowest BCUT2D eigenvalue weighted by molar-refractivity contribution is 0.633. The normalized spacial score (nSPS) is 11.9. The summed E-state index contributed by atoms with van der Waals surface area (Å²) in [5, 5.41) is 10.4. The Morgan fingerprint density at radius 1 is 0.283 bits per heavy atom. The molecule has 10 rings (SSSR count). The van der Waals surface area contributed by atoms with Crippen LogP contribution in [0.5, 0.6) is 0 Å².